The Labute approximate surface area is 257 Å². The van der Waals surface area contributed by atoms with Gasteiger partial charge in [0.25, 0.3) is 0 Å². The zero-order valence-electron chi connectivity index (χ0n) is 23.7. The molecule has 0 fully saturated rings. The lowest BCUT2D eigenvalue weighted by atomic mass is 9.70. The second-order valence-electron chi connectivity index (χ2n) is 11.3. The molecule has 0 bridgehead atoms. The Morgan fingerprint density at radius 2 is 1.29 bits per heavy atom. The molecule has 0 atom stereocenters. The maximum absolute atomic E-state index is 14.1. The first kappa shape index (κ1) is 25.7. The van der Waals surface area contributed by atoms with Gasteiger partial charge < -0.3 is 14.4 Å². The van der Waals surface area contributed by atoms with Crippen LogP contribution in [0.2, 0.25) is 0 Å². The molecule has 212 valence electrons. The molecule has 6 aromatic carbocycles. The van der Waals surface area contributed by atoms with Crippen molar-refractivity contribution in [3.8, 4) is 11.5 Å². The fourth-order valence-corrected chi connectivity index (χ4v) is 6.67. The average Bonchev–Trinajstić information content (AvgIpc) is 3.08. The van der Waals surface area contributed by atoms with Crippen LogP contribution in [0.1, 0.15) is 5.56 Å². The van der Waals surface area contributed by atoms with Gasteiger partial charge in [-0.3, -0.25) is 19.9 Å². The molecule has 0 unspecified atom stereocenters. The van der Waals surface area contributed by atoms with E-state index < -0.39 is 14.1 Å². The summed E-state index contributed by atoms with van der Waals surface area (Å²) in [7, 11) is -1.45. The van der Waals surface area contributed by atoms with Gasteiger partial charge in [0.05, 0.1) is 22.2 Å². The summed E-state index contributed by atoms with van der Waals surface area (Å²) in [5.74, 6) is 0.772. The number of aliphatic hydroxyl groups excluding tert-OH is 1. The highest BCUT2D eigenvalue weighted by Gasteiger charge is 2.43. The molecule has 1 aliphatic carbocycles. The summed E-state index contributed by atoms with van der Waals surface area (Å²) in [5.41, 5.74) is 2.77. The molecule has 0 radical (unpaired) electrons. The highest BCUT2D eigenvalue weighted by molar-refractivity contribution is 6.72. The van der Waals surface area contributed by atoms with Crippen molar-refractivity contribution in [2.24, 2.45) is 4.90 Å². The van der Waals surface area contributed by atoms with Crippen molar-refractivity contribution in [2.75, 3.05) is 4.97 Å². The van der Waals surface area contributed by atoms with Crippen molar-refractivity contribution in [1.82, 2.24) is 0 Å². The van der Waals surface area contributed by atoms with Crippen LogP contribution >= 0.6 is 0 Å². The van der Waals surface area contributed by atoms with Crippen LogP contribution in [-0.2, 0) is 4.79 Å². The van der Waals surface area contributed by atoms with E-state index in [1.165, 1.54) is 0 Å². The lowest BCUT2D eigenvalue weighted by Crippen LogP contribution is -2.53. The quantitative estimate of drug-likeness (QED) is 0.305. The highest BCUT2D eigenvalue weighted by Crippen LogP contribution is 2.47. The van der Waals surface area contributed by atoms with Crippen molar-refractivity contribution >= 4 is 69.2 Å². The van der Waals surface area contributed by atoms with Gasteiger partial charge in [-0.1, -0.05) is 109 Å². The third-order valence-electron chi connectivity index (χ3n) is 8.77. The Morgan fingerprint density at radius 1 is 0.644 bits per heavy atom. The van der Waals surface area contributed by atoms with Crippen LogP contribution in [0, 0.1) is 0 Å². The highest BCUT2D eigenvalue weighted by atomic mass is 16.5. The molecular weight excluding hydrogens is 562 g/mol. The molecule has 0 saturated heterocycles. The largest absolute Gasteiger partial charge is 0.544 e. The molecule has 6 aromatic rings. The van der Waals surface area contributed by atoms with Gasteiger partial charge in [0.2, 0.25) is 5.78 Å². The average molecular weight is 584 g/mol. The lowest BCUT2D eigenvalue weighted by molar-refractivity contribution is -0.109. The maximum Gasteiger partial charge on any atom is 0.544 e. The van der Waals surface area contributed by atoms with E-state index in [-0.39, 0.29) is 22.7 Å². The molecule has 0 saturated carbocycles. The summed E-state index contributed by atoms with van der Waals surface area (Å²) in [6, 6.07) is 37.9. The summed E-state index contributed by atoms with van der Waals surface area (Å²) in [5, 5.41) is 27.6. The minimum absolute atomic E-state index is 0.136. The minimum Gasteiger partial charge on any atom is -0.536 e. The van der Waals surface area contributed by atoms with Crippen LogP contribution < -0.4 is 35.8 Å². The predicted molar refractivity (Wildman–Crippen MR) is 176 cm³/mol. The van der Waals surface area contributed by atoms with Gasteiger partial charge in [-0.05, 0) is 33.8 Å². The number of hydrogen-bond acceptors (Lipinski definition) is 7. The van der Waals surface area contributed by atoms with Crippen LogP contribution in [-0.4, -0.2) is 30.2 Å². The molecule has 0 spiro atoms. The van der Waals surface area contributed by atoms with Crippen molar-refractivity contribution in [3.05, 3.63) is 143 Å². The number of anilines is 1. The first-order chi connectivity index (χ1) is 22.1. The van der Waals surface area contributed by atoms with Gasteiger partial charge in [0.15, 0.2) is 0 Å². The SMILES string of the molecule is O=C1C(c2ccc3cccc4c3c2N(O)B(c2ccccc2)O4)=C(O)C1=c1ccc2cccc3c2c1=NB(c1ccccc1)O3. The molecule has 0 aromatic heterocycles. The number of carbonyl (C=O) groups is 1. The summed E-state index contributed by atoms with van der Waals surface area (Å²) < 4.78 is 12.5. The van der Waals surface area contributed by atoms with E-state index >= 15 is 0 Å². The fraction of sp³-hybridized carbons (Fsp3) is 0. The van der Waals surface area contributed by atoms with Crippen molar-refractivity contribution in [3.63, 3.8) is 0 Å². The van der Waals surface area contributed by atoms with Crippen molar-refractivity contribution < 1.29 is 24.4 Å². The molecule has 2 N–H and O–H groups in total. The number of rotatable bonds is 3. The molecule has 45 heavy (non-hydrogen) atoms. The number of Topliss-reactive ketones (excluding diaryl/α,β-unsaturated/α-hetero) is 1. The Hall–Kier alpha value is -5.79. The summed E-state index contributed by atoms with van der Waals surface area (Å²) in [6.07, 6.45) is 0. The number of benzene rings is 6. The zero-order chi connectivity index (χ0) is 30.2. The first-order valence-electron chi connectivity index (χ1n) is 14.7. The number of ketones is 1. The lowest BCUT2D eigenvalue weighted by Gasteiger charge is -2.34. The molecule has 9 rings (SSSR count). The van der Waals surface area contributed by atoms with Gasteiger partial charge >= 0.3 is 14.1 Å². The summed E-state index contributed by atoms with van der Waals surface area (Å²) in [6.45, 7) is 0. The van der Waals surface area contributed by atoms with Gasteiger partial charge in [-0.2, -0.15) is 0 Å². The van der Waals surface area contributed by atoms with Crippen LogP contribution in [0.4, 0.5) is 5.69 Å². The molecular formula is C36H22B2N2O5. The minimum atomic E-state index is -0.844. The Bertz CT molecular complexity index is 2400. The standard InChI is InChI=1S/C36H22B2N2O5/c41-35-31(25-19-17-21-9-7-15-27-29(21)33(25)39-37(44-27)23-11-3-1-4-12-23)36(42)32(35)26-20-18-22-10-8-16-28-30(22)34(26)40(43)38(45-28)24-13-5-2-6-14-24/h1-20,41,43H. The van der Waals surface area contributed by atoms with E-state index in [4.69, 9.17) is 14.2 Å². The van der Waals surface area contributed by atoms with Crippen LogP contribution in [0.25, 0.3) is 32.7 Å². The Balaban J connectivity index is 1.27. The van der Waals surface area contributed by atoms with E-state index in [0.717, 1.165) is 32.1 Å². The number of aliphatic hydroxyl groups is 1. The second-order valence-corrected chi connectivity index (χ2v) is 11.3. The zero-order valence-corrected chi connectivity index (χ0v) is 23.7. The fourth-order valence-electron chi connectivity index (χ4n) is 6.67. The molecule has 3 aliphatic rings. The van der Waals surface area contributed by atoms with Gasteiger partial charge in [-0.25, -0.2) is 0 Å². The summed E-state index contributed by atoms with van der Waals surface area (Å²) >= 11 is 0. The number of allylic oxidation sites excluding steroid dienone is 2. The van der Waals surface area contributed by atoms with E-state index in [1.807, 2.05) is 115 Å². The molecule has 2 heterocycles. The van der Waals surface area contributed by atoms with E-state index in [2.05, 4.69) is 0 Å². The van der Waals surface area contributed by atoms with Crippen molar-refractivity contribution in [2.45, 2.75) is 0 Å². The Kier molecular flexibility index (Phi) is 5.48. The van der Waals surface area contributed by atoms with E-state index in [9.17, 15) is 15.1 Å². The number of carbonyl (C=O) groups excluding carboxylic acids is 1. The van der Waals surface area contributed by atoms with Crippen LogP contribution in [0.5, 0.6) is 11.5 Å². The van der Waals surface area contributed by atoms with Gasteiger partial charge in [0, 0.05) is 21.6 Å². The third-order valence-corrected chi connectivity index (χ3v) is 8.77. The molecule has 2 aliphatic heterocycles. The summed E-state index contributed by atoms with van der Waals surface area (Å²) in [4.78, 5) is 20.1. The van der Waals surface area contributed by atoms with Crippen molar-refractivity contribution in [1.29, 1.82) is 0 Å². The van der Waals surface area contributed by atoms with Crippen LogP contribution in [0.15, 0.2) is 132 Å². The van der Waals surface area contributed by atoms with E-state index in [0.29, 0.717) is 38.7 Å². The second kappa shape index (κ2) is 9.61. The maximum atomic E-state index is 14.1. The first-order valence-corrected chi connectivity index (χ1v) is 14.7. The number of hydrogen-bond donors (Lipinski definition) is 2. The third kappa shape index (κ3) is 3.71. The Morgan fingerprint density at radius 3 is 2.00 bits per heavy atom. The molecule has 7 nitrogen and oxygen atoms in total. The van der Waals surface area contributed by atoms with Gasteiger partial charge in [-0.15, -0.1) is 0 Å². The topological polar surface area (TPSA) is 91.6 Å². The van der Waals surface area contributed by atoms with Crippen LogP contribution in [0.3, 0.4) is 0 Å². The number of nitrogens with zero attached hydrogens (tertiary/aromatic N) is 2. The predicted octanol–water partition coefficient (Wildman–Crippen LogP) is 4.09. The van der Waals surface area contributed by atoms with Gasteiger partial charge in [0.1, 0.15) is 17.3 Å². The van der Waals surface area contributed by atoms with E-state index in [1.54, 1.807) is 6.07 Å². The normalized spacial score (nSPS) is 16.4. The monoisotopic (exact) mass is 584 g/mol. The molecule has 0 amide bonds. The smallest absolute Gasteiger partial charge is 0.536 e. The molecule has 9 heteroatoms.